The normalized spacial score (nSPS) is 8.89. The van der Waals surface area contributed by atoms with Crippen molar-refractivity contribution in [1.29, 1.82) is 5.26 Å². The van der Waals surface area contributed by atoms with Crippen molar-refractivity contribution in [2.24, 2.45) is 0 Å². The van der Waals surface area contributed by atoms with Crippen molar-refractivity contribution < 1.29 is 0 Å². The van der Waals surface area contributed by atoms with Gasteiger partial charge in [-0.3, -0.25) is 0 Å². The van der Waals surface area contributed by atoms with E-state index >= 15 is 0 Å². The number of hydrogen-bond acceptors (Lipinski definition) is 1. The number of halogens is 1. The van der Waals surface area contributed by atoms with Gasteiger partial charge in [-0.05, 0) is 12.2 Å². The monoisotopic (exact) mass is 183 g/mol. The maximum Gasteiger partial charge on any atom is 0.0985 e. The summed E-state index contributed by atoms with van der Waals surface area (Å²) in [6.07, 6.45) is 3.27. The number of nitriles is 1. The lowest BCUT2D eigenvalue weighted by Gasteiger charge is -1.80. The smallest absolute Gasteiger partial charge is 0.0985 e. The SMILES string of the molecule is C=C(Br)C=CC(=C)C#N. The van der Waals surface area contributed by atoms with Gasteiger partial charge in [0.1, 0.15) is 0 Å². The molecule has 0 aliphatic heterocycles. The van der Waals surface area contributed by atoms with Crippen LogP contribution in [0.1, 0.15) is 0 Å². The molecule has 0 bridgehead atoms. The summed E-state index contributed by atoms with van der Waals surface area (Å²) in [7, 11) is 0. The highest BCUT2D eigenvalue weighted by molar-refractivity contribution is 9.11. The molecule has 0 aromatic heterocycles. The van der Waals surface area contributed by atoms with Crippen molar-refractivity contribution in [2.75, 3.05) is 0 Å². The molecular weight excluding hydrogens is 178 g/mol. The molecule has 0 atom stereocenters. The summed E-state index contributed by atoms with van der Waals surface area (Å²) in [6.45, 7) is 6.98. The molecule has 0 amide bonds. The first-order chi connectivity index (χ1) is 4.16. The lowest BCUT2D eigenvalue weighted by atomic mass is 10.3. The van der Waals surface area contributed by atoms with Gasteiger partial charge in [-0.25, -0.2) is 0 Å². The van der Waals surface area contributed by atoms with Crippen LogP contribution in [0.25, 0.3) is 0 Å². The van der Waals surface area contributed by atoms with Gasteiger partial charge in [-0.1, -0.05) is 29.1 Å². The molecular formula is C7H6BrN. The van der Waals surface area contributed by atoms with Crippen molar-refractivity contribution in [1.82, 2.24) is 0 Å². The second kappa shape index (κ2) is 4.11. The maximum absolute atomic E-state index is 8.20. The molecule has 0 spiro atoms. The van der Waals surface area contributed by atoms with Gasteiger partial charge in [0.15, 0.2) is 0 Å². The second-order valence-corrected chi connectivity index (χ2v) is 2.44. The van der Waals surface area contributed by atoms with E-state index < -0.39 is 0 Å². The molecule has 0 rings (SSSR count). The summed E-state index contributed by atoms with van der Waals surface area (Å²) < 4.78 is 0.735. The van der Waals surface area contributed by atoms with Crippen LogP contribution in [0.3, 0.4) is 0 Å². The summed E-state index contributed by atoms with van der Waals surface area (Å²) in [5, 5.41) is 8.20. The molecule has 0 aliphatic rings. The molecule has 2 heteroatoms. The predicted molar refractivity (Wildman–Crippen MR) is 42.0 cm³/mol. The zero-order valence-electron chi connectivity index (χ0n) is 4.89. The molecule has 1 nitrogen and oxygen atoms in total. The van der Waals surface area contributed by atoms with Crippen LogP contribution in [0.5, 0.6) is 0 Å². The van der Waals surface area contributed by atoms with Crippen LogP contribution in [-0.4, -0.2) is 0 Å². The molecule has 0 unspecified atom stereocenters. The van der Waals surface area contributed by atoms with Gasteiger partial charge in [-0.2, -0.15) is 5.26 Å². The van der Waals surface area contributed by atoms with Crippen molar-refractivity contribution in [2.45, 2.75) is 0 Å². The van der Waals surface area contributed by atoms with Crippen LogP contribution in [-0.2, 0) is 0 Å². The lowest BCUT2D eigenvalue weighted by Crippen LogP contribution is -1.63. The molecule has 0 saturated carbocycles. The fourth-order valence-electron chi connectivity index (χ4n) is 0.228. The van der Waals surface area contributed by atoms with E-state index in [1.165, 1.54) is 0 Å². The van der Waals surface area contributed by atoms with E-state index in [0.29, 0.717) is 5.57 Å². The highest BCUT2D eigenvalue weighted by atomic mass is 79.9. The topological polar surface area (TPSA) is 23.8 Å². The summed E-state index contributed by atoms with van der Waals surface area (Å²) >= 11 is 3.10. The van der Waals surface area contributed by atoms with Gasteiger partial charge in [0.25, 0.3) is 0 Å². The Balaban J connectivity index is 3.90. The molecule has 9 heavy (non-hydrogen) atoms. The molecule has 0 aliphatic carbocycles. The Hall–Kier alpha value is -0.810. The van der Waals surface area contributed by atoms with E-state index in [-0.39, 0.29) is 0 Å². The van der Waals surface area contributed by atoms with E-state index in [9.17, 15) is 0 Å². The van der Waals surface area contributed by atoms with E-state index in [1.807, 2.05) is 6.07 Å². The fraction of sp³-hybridized carbons (Fsp3) is 0. The molecule has 0 fully saturated rings. The van der Waals surface area contributed by atoms with Crippen LogP contribution in [0.15, 0.2) is 35.4 Å². The van der Waals surface area contributed by atoms with Crippen LogP contribution in [0.4, 0.5) is 0 Å². The molecule has 0 aromatic rings. The molecule has 0 aromatic carbocycles. The summed E-state index contributed by atoms with van der Waals surface area (Å²) in [4.78, 5) is 0. The third kappa shape index (κ3) is 5.05. The van der Waals surface area contributed by atoms with Gasteiger partial charge >= 0.3 is 0 Å². The maximum atomic E-state index is 8.20. The van der Waals surface area contributed by atoms with Gasteiger partial charge in [0.2, 0.25) is 0 Å². The zero-order valence-corrected chi connectivity index (χ0v) is 6.48. The van der Waals surface area contributed by atoms with E-state index in [4.69, 9.17) is 5.26 Å². The Labute approximate surface area is 63.1 Å². The zero-order chi connectivity index (χ0) is 7.28. The minimum atomic E-state index is 0.426. The minimum Gasteiger partial charge on any atom is -0.192 e. The Bertz CT molecular complexity index is 195. The Morgan fingerprint density at radius 3 is 2.33 bits per heavy atom. The third-order valence-corrected chi connectivity index (χ3v) is 0.873. The van der Waals surface area contributed by atoms with Crippen LogP contribution < -0.4 is 0 Å². The minimum absolute atomic E-state index is 0.426. The van der Waals surface area contributed by atoms with Gasteiger partial charge in [0.05, 0.1) is 6.07 Å². The van der Waals surface area contributed by atoms with E-state index in [2.05, 4.69) is 29.1 Å². The lowest BCUT2D eigenvalue weighted by molar-refractivity contribution is 1.51. The van der Waals surface area contributed by atoms with Gasteiger partial charge < -0.3 is 0 Å². The number of allylic oxidation sites excluding steroid dienone is 4. The quantitative estimate of drug-likeness (QED) is 0.477. The molecule has 0 N–H and O–H groups in total. The molecule has 0 heterocycles. The average Bonchev–Trinajstić information content (AvgIpc) is 1.83. The first kappa shape index (κ1) is 8.19. The van der Waals surface area contributed by atoms with E-state index in [1.54, 1.807) is 12.2 Å². The molecule has 0 saturated heterocycles. The van der Waals surface area contributed by atoms with Crippen molar-refractivity contribution in [3.05, 3.63) is 35.4 Å². The summed E-state index contributed by atoms with van der Waals surface area (Å²) in [5.74, 6) is 0. The standard InChI is InChI=1S/C7H6BrN/c1-6(5-9)3-4-7(2)8/h3-4H,1-2H2. The highest BCUT2D eigenvalue weighted by Gasteiger charge is 1.80. The molecule has 0 radical (unpaired) electrons. The van der Waals surface area contributed by atoms with Crippen LogP contribution in [0.2, 0.25) is 0 Å². The van der Waals surface area contributed by atoms with Crippen LogP contribution in [0, 0.1) is 11.3 Å². The summed E-state index contributed by atoms with van der Waals surface area (Å²) in [5.41, 5.74) is 0.426. The largest absolute Gasteiger partial charge is 0.192 e. The fourth-order valence-corrected chi connectivity index (χ4v) is 0.360. The Morgan fingerprint density at radius 1 is 1.44 bits per heavy atom. The Morgan fingerprint density at radius 2 is 2.00 bits per heavy atom. The van der Waals surface area contributed by atoms with Crippen molar-refractivity contribution >= 4 is 15.9 Å². The predicted octanol–water partition coefficient (Wildman–Crippen LogP) is 2.53. The third-order valence-electron chi connectivity index (χ3n) is 0.609. The van der Waals surface area contributed by atoms with E-state index in [0.717, 1.165) is 4.48 Å². The average molecular weight is 184 g/mol. The number of nitrogens with zero attached hydrogens (tertiary/aromatic N) is 1. The van der Waals surface area contributed by atoms with Crippen molar-refractivity contribution in [3.63, 3.8) is 0 Å². The van der Waals surface area contributed by atoms with Gasteiger partial charge in [-0.15, -0.1) is 0 Å². The number of rotatable bonds is 2. The van der Waals surface area contributed by atoms with Crippen molar-refractivity contribution in [3.8, 4) is 6.07 Å². The van der Waals surface area contributed by atoms with Crippen LogP contribution >= 0.6 is 15.9 Å². The Kier molecular flexibility index (Phi) is 3.74. The molecule has 46 valence electrons. The first-order valence-electron chi connectivity index (χ1n) is 2.28. The van der Waals surface area contributed by atoms with Gasteiger partial charge in [0, 0.05) is 10.1 Å². The first-order valence-corrected chi connectivity index (χ1v) is 3.07. The summed E-state index contributed by atoms with van der Waals surface area (Å²) in [6, 6.07) is 1.88. The number of hydrogen-bond donors (Lipinski definition) is 0. The second-order valence-electron chi connectivity index (χ2n) is 1.42. The highest BCUT2D eigenvalue weighted by Crippen LogP contribution is 2.03.